The summed E-state index contributed by atoms with van der Waals surface area (Å²) in [6, 6.07) is 10.3. The van der Waals surface area contributed by atoms with Crippen LogP contribution in [-0.4, -0.2) is 4.70 Å². The van der Waals surface area contributed by atoms with Gasteiger partial charge in [-0.2, -0.15) is 12.8 Å². The van der Waals surface area contributed by atoms with Crippen LogP contribution < -0.4 is 0 Å². The summed E-state index contributed by atoms with van der Waals surface area (Å²) in [5.74, 6) is 7.71. The van der Waals surface area contributed by atoms with Gasteiger partial charge in [0.05, 0.1) is 5.57 Å². The molecule has 0 radical (unpaired) electrons. The van der Waals surface area contributed by atoms with E-state index in [4.69, 9.17) is 0 Å². The van der Waals surface area contributed by atoms with Gasteiger partial charge in [0.15, 0.2) is 0 Å². The van der Waals surface area contributed by atoms with Gasteiger partial charge in [-0.05, 0) is 154 Å². The molecule has 1 heterocycles. The predicted molar refractivity (Wildman–Crippen MR) is 505 cm³/mol. The van der Waals surface area contributed by atoms with Crippen molar-refractivity contribution in [2.24, 2.45) is 0 Å². The van der Waals surface area contributed by atoms with Crippen LogP contribution in [0.5, 0.6) is 0 Å². The molecule has 0 aliphatic carbocycles. The van der Waals surface area contributed by atoms with Crippen LogP contribution in [0.4, 0.5) is 0 Å². The molecule has 0 amide bonds. The van der Waals surface area contributed by atoms with Crippen molar-refractivity contribution in [2.45, 2.75) is 564 Å². The molecule has 0 unspecified atom stereocenters. The summed E-state index contributed by atoms with van der Waals surface area (Å²) in [7, 11) is 0. The fraction of sp³-hybridized carbons (Fsp3) is 0.798. The van der Waals surface area contributed by atoms with E-state index in [2.05, 4.69) is 131 Å². The van der Waals surface area contributed by atoms with Crippen LogP contribution in [0.1, 0.15) is 570 Å². The third-order valence-corrected chi connectivity index (χ3v) is 24.2. The molecule has 3 rings (SSSR count). The molecule has 0 bridgehead atoms. The summed E-state index contributed by atoms with van der Waals surface area (Å²) in [6.07, 6.45) is 107. The van der Waals surface area contributed by atoms with Crippen molar-refractivity contribution in [3.8, 4) is 11.8 Å². The summed E-state index contributed by atoms with van der Waals surface area (Å²) in [5, 5.41) is 0. The average Bonchev–Trinajstić information content (AvgIpc) is 1.59. The van der Waals surface area contributed by atoms with Crippen LogP contribution in [0.2, 0.25) is 0 Å². The maximum atomic E-state index is 13.6. The van der Waals surface area contributed by atoms with Gasteiger partial charge in [0, 0.05) is 17.5 Å². The van der Waals surface area contributed by atoms with E-state index in [-0.39, 0.29) is 20.4 Å². The molecule has 0 saturated heterocycles. The Kier molecular flexibility index (Phi) is 83.0. The number of hydrogen-bond acceptors (Lipinski definition) is 0. The van der Waals surface area contributed by atoms with Crippen molar-refractivity contribution in [3.05, 3.63) is 111 Å². The maximum Gasteiger partial charge on any atom is 2.00 e. The molecule has 2 aromatic rings. The van der Waals surface area contributed by atoms with Gasteiger partial charge in [0.1, 0.15) is 5.57 Å². The first-order chi connectivity index (χ1) is 54.8. The molecule has 0 atom stereocenters. The molecule has 0 saturated carbocycles. The van der Waals surface area contributed by atoms with E-state index in [9.17, 15) is 5.53 Å². The van der Waals surface area contributed by atoms with Gasteiger partial charge in [-0.15, -0.1) is 0 Å². The smallest absolute Gasteiger partial charge is 0.493 e. The Hall–Kier alpha value is -2.52. The number of unbranched alkanes of at least 4 members (excludes halogenated alkanes) is 61. The SMILES string of the molecule is CCCCCCC#CC1=C(c2cc(CCCCCC)c(CCCCCC)c(CCCCCC)c2)[N+](=[N-])C(c2cc(CCCCCC)c(CCCCCC)c(CCCCCC)c2)=C1C=CCCCCCCCCCCCCCCCCCCCCCCCCCCC.[CH2-]CCCCCCCCC.[CH2-]CCCCCCCCC.[Pd+2]. The molecule has 2 nitrogen and oxygen atoms in total. The van der Waals surface area contributed by atoms with Crippen LogP contribution in [0.3, 0.4) is 0 Å². The fourth-order valence-corrected chi connectivity index (χ4v) is 16.9. The summed E-state index contributed by atoms with van der Waals surface area (Å²) in [5.41, 5.74) is 29.5. The van der Waals surface area contributed by atoms with E-state index < -0.39 is 0 Å². The Bertz CT molecular complexity index is 2450. The maximum absolute atomic E-state index is 13.6. The van der Waals surface area contributed by atoms with Gasteiger partial charge in [0.2, 0.25) is 11.4 Å². The van der Waals surface area contributed by atoms with Crippen molar-refractivity contribution >= 4 is 11.4 Å². The largest absolute Gasteiger partial charge is 2.00 e. The van der Waals surface area contributed by atoms with Gasteiger partial charge in [-0.25, -0.2) is 4.70 Å². The molecule has 3 heteroatoms. The van der Waals surface area contributed by atoms with E-state index in [1.165, 1.54) is 459 Å². The van der Waals surface area contributed by atoms with Crippen LogP contribution in [-0.2, 0) is 58.9 Å². The van der Waals surface area contributed by atoms with Crippen molar-refractivity contribution in [1.29, 1.82) is 0 Å². The van der Waals surface area contributed by atoms with E-state index >= 15 is 0 Å². The predicted octanol–water partition coefficient (Wildman–Crippen LogP) is 38.2. The molecule has 650 valence electrons. The van der Waals surface area contributed by atoms with Crippen LogP contribution >= 0.6 is 0 Å². The number of nitrogens with zero attached hydrogens (tertiary/aromatic N) is 2. The first-order valence-corrected chi connectivity index (χ1v) is 50.8. The van der Waals surface area contributed by atoms with Crippen molar-refractivity contribution < 1.29 is 25.1 Å². The minimum Gasteiger partial charge on any atom is -0.493 e. The first kappa shape index (κ1) is 109. The monoisotopic (exact) mass is 1640 g/mol. The second-order valence-electron chi connectivity index (χ2n) is 34.9. The minimum atomic E-state index is 0. The topological polar surface area (TPSA) is 25.3 Å². The Morgan fingerprint density at radius 2 is 0.500 bits per heavy atom. The molecule has 0 fully saturated rings. The van der Waals surface area contributed by atoms with E-state index in [0.717, 1.165) is 80.3 Å². The second-order valence-corrected chi connectivity index (χ2v) is 34.9. The quantitative estimate of drug-likeness (QED) is 0.0207. The number of allylic oxidation sites excluding steroid dienone is 4. The van der Waals surface area contributed by atoms with E-state index in [1.807, 2.05) is 0 Å². The summed E-state index contributed by atoms with van der Waals surface area (Å²) in [4.78, 5) is 0. The Labute approximate surface area is 718 Å². The third kappa shape index (κ3) is 58.4. The number of hydrogen-bond donors (Lipinski definition) is 0. The molecule has 0 spiro atoms. The van der Waals surface area contributed by atoms with Gasteiger partial charge >= 0.3 is 20.4 Å². The molecule has 1 aliphatic rings. The first-order valence-electron chi connectivity index (χ1n) is 50.8. The molecule has 2 aromatic carbocycles. The molecular weight excluding hydrogens is 1440 g/mol. The normalized spacial score (nSPS) is 12.1. The minimum absolute atomic E-state index is 0. The standard InChI is InChI=1S/C89H152N2.2C10H21.Pd/c1-9-17-25-33-35-36-37-38-39-40-41-42-43-44-45-46-47-48-49-50-51-52-53-54-55-57-65-73-87-86(72-64-56-34-26-18-10-2)88(82-74-78(66-58-27-19-11-3)84(70-62-31-23-15-7)79(75-82)67-59-28-20-12-4)91(90)89(87)83-76-80(68-60-29-21-13-5)85(71-63-32-24-16-8)81(77-83)69-61-30-22-14-6;2*1-3-5-7-9-10-8-6-4-2;/h65,73-77H,9-63,66-71H2,1-8H3;2*1,3-10H2,2H3;/q;2*-1;+2. The molecule has 1 aliphatic heterocycles. The van der Waals surface area contributed by atoms with Gasteiger partial charge in [-0.1, -0.05) is 472 Å². The van der Waals surface area contributed by atoms with Crippen molar-refractivity contribution in [1.82, 2.24) is 0 Å². The Morgan fingerprint density at radius 1 is 0.277 bits per heavy atom. The zero-order valence-corrected chi connectivity index (χ0v) is 79.1. The van der Waals surface area contributed by atoms with Gasteiger partial charge < -0.3 is 19.4 Å². The molecule has 112 heavy (non-hydrogen) atoms. The molecular formula is C109H194N2Pd. The number of benzene rings is 2. The second kappa shape index (κ2) is 84.9. The zero-order chi connectivity index (χ0) is 80.6. The summed E-state index contributed by atoms with van der Waals surface area (Å²) in [6.45, 7) is 30.9. The average molecular weight is 1640 g/mol. The third-order valence-electron chi connectivity index (χ3n) is 24.2. The Morgan fingerprint density at radius 3 is 0.768 bits per heavy atom. The molecule has 0 aromatic heterocycles. The summed E-state index contributed by atoms with van der Waals surface area (Å²) >= 11 is 0. The van der Waals surface area contributed by atoms with Gasteiger partial charge in [0.25, 0.3) is 0 Å². The fourth-order valence-electron chi connectivity index (χ4n) is 16.9. The molecule has 0 N–H and O–H groups in total. The number of rotatable bonds is 77. The number of aryl methyl sites for hydroxylation is 4. The Balaban J connectivity index is 0.00000511. The van der Waals surface area contributed by atoms with Crippen LogP contribution in [0.15, 0.2) is 47.6 Å². The zero-order valence-electron chi connectivity index (χ0n) is 77.5. The van der Waals surface area contributed by atoms with Crippen molar-refractivity contribution in [3.63, 3.8) is 0 Å². The summed E-state index contributed by atoms with van der Waals surface area (Å²) < 4.78 is 1.69. The van der Waals surface area contributed by atoms with Gasteiger partial charge in [-0.3, -0.25) is 0 Å². The van der Waals surface area contributed by atoms with Crippen LogP contribution in [0.25, 0.3) is 16.9 Å². The van der Waals surface area contributed by atoms with Crippen molar-refractivity contribution in [2.75, 3.05) is 0 Å². The van der Waals surface area contributed by atoms with Crippen LogP contribution in [0, 0.1) is 25.7 Å². The van der Waals surface area contributed by atoms with E-state index in [0.29, 0.717) is 0 Å². The van der Waals surface area contributed by atoms with E-state index in [1.54, 1.807) is 27.0 Å².